The second-order valence-corrected chi connectivity index (χ2v) is 3.99. The number of thiocarbonyl (C=S) groups is 1. The summed E-state index contributed by atoms with van der Waals surface area (Å²) in [5, 5.41) is 0. The molecule has 0 atom stereocenters. The molecule has 13 heavy (non-hydrogen) atoms. The van der Waals surface area contributed by atoms with Gasteiger partial charge in [-0.15, -0.1) is 0 Å². The molecule has 0 aromatic heterocycles. The molecule has 0 aromatic carbocycles. The molecule has 0 saturated carbocycles. The van der Waals surface area contributed by atoms with E-state index >= 15 is 0 Å². The molecule has 72 valence electrons. The van der Waals surface area contributed by atoms with E-state index in [2.05, 4.69) is 18.7 Å². The summed E-state index contributed by atoms with van der Waals surface area (Å²) in [4.78, 5) is 2.14. The molecular weight excluding hydrogens is 209 g/mol. The van der Waals surface area contributed by atoms with Crippen LogP contribution in [0.2, 0.25) is 0 Å². The van der Waals surface area contributed by atoms with Gasteiger partial charge < -0.3 is 29.7 Å². The van der Waals surface area contributed by atoms with Crippen molar-refractivity contribution in [2.75, 3.05) is 13.1 Å². The second-order valence-electron chi connectivity index (χ2n) is 2.96. The van der Waals surface area contributed by atoms with Gasteiger partial charge in [0.05, 0.1) is 0 Å². The summed E-state index contributed by atoms with van der Waals surface area (Å²) in [6.07, 6.45) is 4.81. The molecule has 0 bridgehead atoms. The molecule has 0 amide bonds. The Kier molecular flexibility index (Phi) is 14.2. The Bertz CT molecular complexity index is 123. The van der Waals surface area contributed by atoms with Crippen molar-refractivity contribution >= 4 is 29.2 Å². The Morgan fingerprint density at radius 2 is 1.54 bits per heavy atom. The molecule has 0 N–H and O–H groups in total. The van der Waals surface area contributed by atoms with Crippen molar-refractivity contribution in [3.8, 4) is 0 Å². The third kappa shape index (κ3) is 9.42. The maximum Gasteiger partial charge on any atom is 1.00 e. The van der Waals surface area contributed by atoms with E-state index in [1.54, 1.807) is 0 Å². The minimum atomic E-state index is 0. The fourth-order valence-electron chi connectivity index (χ4n) is 0.992. The molecule has 0 radical (unpaired) electrons. The Balaban J connectivity index is 0. The van der Waals surface area contributed by atoms with Gasteiger partial charge in [-0.1, -0.05) is 31.0 Å². The second kappa shape index (κ2) is 11.2. The Morgan fingerprint density at radius 3 is 1.77 bits per heavy atom. The predicted molar refractivity (Wildman–Crippen MR) is 61.4 cm³/mol. The normalized spacial score (nSPS) is 9.08. The summed E-state index contributed by atoms with van der Waals surface area (Å²) in [5.74, 6) is 0. The molecule has 0 aliphatic heterocycles. The van der Waals surface area contributed by atoms with Crippen LogP contribution in [0.15, 0.2) is 0 Å². The van der Waals surface area contributed by atoms with E-state index in [4.69, 9.17) is 24.8 Å². The average molecular weight is 227 g/mol. The smallest absolute Gasteiger partial charge is 0.411 e. The standard InChI is InChI=1S/C9H19NS2.Na/c1-3-5-7-10(9(11)12)8-6-4-2;/h3-8H2,1-2H3,(H,11,12);/q;+1/p-1. The summed E-state index contributed by atoms with van der Waals surface area (Å²) in [7, 11) is 0. The molecule has 4 heteroatoms. The Morgan fingerprint density at radius 1 is 1.15 bits per heavy atom. The van der Waals surface area contributed by atoms with Gasteiger partial charge in [0, 0.05) is 13.1 Å². The van der Waals surface area contributed by atoms with Crippen LogP contribution in [0, 0.1) is 0 Å². The first-order valence-electron chi connectivity index (χ1n) is 4.68. The van der Waals surface area contributed by atoms with Crippen LogP contribution in [0.5, 0.6) is 0 Å². The predicted octanol–water partition coefficient (Wildman–Crippen LogP) is -0.276. The molecule has 0 unspecified atom stereocenters. The molecule has 1 nitrogen and oxygen atoms in total. The van der Waals surface area contributed by atoms with Crippen LogP contribution in [0.1, 0.15) is 39.5 Å². The van der Waals surface area contributed by atoms with Crippen molar-refractivity contribution in [3.05, 3.63) is 0 Å². The minimum absolute atomic E-state index is 0. The monoisotopic (exact) mass is 227 g/mol. The van der Waals surface area contributed by atoms with Crippen LogP contribution in [0.4, 0.5) is 0 Å². The third-order valence-electron chi connectivity index (χ3n) is 1.82. The van der Waals surface area contributed by atoms with E-state index in [1.807, 2.05) is 0 Å². The number of unbranched alkanes of at least 4 members (excludes halogenated alkanes) is 2. The fourth-order valence-corrected chi connectivity index (χ4v) is 1.36. The Labute approximate surface area is 115 Å². The van der Waals surface area contributed by atoms with E-state index < -0.39 is 0 Å². The maximum absolute atomic E-state index is 4.98. The summed E-state index contributed by atoms with van der Waals surface area (Å²) >= 11 is 9.97. The largest absolute Gasteiger partial charge is 1.00 e. The molecule has 0 fully saturated rings. The van der Waals surface area contributed by atoms with E-state index in [0.29, 0.717) is 4.32 Å². The molecule has 0 aliphatic rings. The summed E-state index contributed by atoms with van der Waals surface area (Å²) in [6.45, 7) is 6.45. The molecule has 0 spiro atoms. The van der Waals surface area contributed by atoms with E-state index in [9.17, 15) is 0 Å². The van der Waals surface area contributed by atoms with Gasteiger partial charge in [0.1, 0.15) is 0 Å². The number of rotatable bonds is 6. The summed E-state index contributed by atoms with van der Waals surface area (Å²) in [6, 6.07) is 0. The van der Waals surface area contributed by atoms with Crippen LogP contribution < -0.4 is 29.6 Å². The van der Waals surface area contributed by atoms with Gasteiger partial charge in [-0.2, -0.15) is 0 Å². The van der Waals surface area contributed by atoms with Gasteiger partial charge in [0.15, 0.2) is 0 Å². The minimum Gasteiger partial charge on any atom is -0.411 e. The Hall–Kier alpha value is 1.11. The summed E-state index contributed by atoms with van der Waals surface area (Å²) in [5.41, 5.74) is 0. The van der Waals surface area contributed by atoms with Crippen molar-refractivity contribution in [3.63, 3.8) is 0 Å². The quantitative estimate of drug-likeness (QED) is 0.349. The summed E-state index contributed by atoms with van der Waals surface area (Å²) < 4.78 is 0.636. The number of nitrogens with zero attached hydrogens (tertiary/aromatic N) is 1. The van der Waals surface area contributed by atoms with Gasteiger partial charge in [0.25, 0.3) is 0 Å². The van der Waals surface area contributed by atoms with Gasteiger partial charge in [-0.05, 0) is 12.8 Å². The van der Waals surface area contributed by atoms with Crippen molar-refractivity contribution in [1.29, 1.82) is 0 Å². The van der Waals surface area contributed by atoms with Crippen molar-refractivity contribution < 1.29 is 29.6 Å². The van der Waals surface area contributed by atoms with Gasteiger partial charge >= 0.3 is 29.6 Å². The number of hydrogen-bond acceptors (Lipinski definition) is 2. The van der Waals surface area contributed by atoms with E-state index in [0.717, 1.165) is 13.1 Å². The average Bonchev–Trinajstić information content (AvgIpc) is 2.04. The molecule has 0 aliphatic carbocycles. The zero-order valence-electron chi connectivity index (χ0n) is 9.01. The van der Waals surface area contributed by atoms with E-state index in [-0.39, 0.29) is 29.6 Å². The molecule has 0 aromatic rings. The topological polar surface area (TPSA) is 3.24 Å². The maximum atomic E-state index is 4.98. The van der Waals surface area contributed by atoms with Crippen molar-refractivity contribution in [1.82, 2.24) is 4.90 Å². The molecule has 0 rings (SSSR count). The van der Waals surface area contributed by atoms with E-state index in [1.165, 1.54) is 25.7 Å². The van der Waals surface area contributed by atoms with Crippen LogP contribution in [-0.2, 0) is 12.6 Å². The third-order valence-corrected chi connectivity index (χ3v) is 2.34. The molecule has 0 heterocycles. The van der Waals surface area contributed by atoms with Crippen LogP contribution in [-0.4, -0.2) is 22.3 Å². The van der Waals surface area contributed by atoms with Gasteiger partial charge in [-0.25, -0.2) is 0 Å². The van der Waals surface area contributed by atoms with Crippen LogP contribution in [0.3, 0.4) is 0 Å². The molecular formula is C9H18NNaS2. The first kappa shape index (κ1) is 16.5. The number of hydrogen-bond donors (Lipinski definition) is 0. The molecule has 0 saturated heterocycles. The first-order chi connectivity index (χ1) is 5.72. The van der Waals surface area contributed by atoms with Crippen LogP contribution >= 0.6 is 12.2 Å². The van der Waals surface area contributed by atoms with Gasteiger partial charge in [0.2, 0.25) is 0 Å². The van der Waals surface area contributed by atoms with Gasteiger partial charge in [-0.3, -0.25) is 0 Å². The fraction of sp³-hybridized carbons (Fsp3) is 0.889. The van der Waals surface area contributed by atoms with Crippen molar-refractivity contribution in [2.45, 2.75) is 39.5 Å². The van der Waals surface area contributed by atoms with Crippen LogP contribution in [0.25, 0.3) is 0 Å². The SMILES string of the molecule is CCCCN(CCCC)C(=S)[S-].[Na+]. The zero-order chi connectivity index (χ0) is 9.40. The van der Waals surface area contributed by atoms with Crippen molar-refractivity contribution in [2.24, 2.45) is 0 Å². The zero-order valence-corrected chi connectivity index (χ0v) is 12.6. The first-order valence-corrected chi connectivity index (χ1v) is 5.50.